The Kier molecular flexibility index (Phi) is 6.43. The van der Waals surface area contributed by atoms with Crippen LogP contribution in [0.5, 0.6) is 11.5 Å². The second-order valence-corrected chi connectivity index (χ2v) is 9.03. The standard InChI is InChI=1S/C24H26N2O5S/c1-24(28)12-19(31-20(27)13-24)14-32-23-25-21(15-4-8-17(29-2)9-5-15)22(26-23)16-6-10-18(30-3)11-7-16/h4-11,19,28H,12-14H2,1-3H3,(H,25,26)/t19-,24-/m1/s1. The van der Waals surface area contributed by atoms with Gasteiger partial charge in [0.2, 0.25) is 0 Å². The molecule has 0 amide bonds. The lowest BCUT2D eigenvalue weighted by molar-refractivity contribution is -0.165. The van der Waals surface area contributed by atoms with Crippen molar-refractivity contribution < 1.29 is 24.1 Å². The molecule has 2 aromatic carbocycles. The number of cyclic esters (lactones) is 1. The summed E-state index contributed by atoms with van der Waals surface area (Å²) in [4.78, 5) is 20.0. The highest BCUT2D eigenvalue weighted by Crippen LogP contribution is 2.35. The molecule has 0 radical (unpaired) electrons. The Bertz CT molecular complexity index is 1010. The van der Waals surface area contributed by atoms with E-state index in [9.17, 15) is 9.90 Å². The lowest BCUT2D eigenvalue weighted by atomic mass is 9.93. The van der Waals surface area contributed by atoms with Gasteiger partial charge in [-0.15, -0.1) is 0 Å². The van der Waals surface area contributed by atoms with Crippen molar-refractivity contribution in [3.8, 4) is 34.0 Å². The van der Waals surface area contributed by atoms with Crippen LogP contribution in [0.25, 0.3) is 22.5 Å². The Balaban J connectivity index is 1.61. The van der Waals surface area contributed by atoms with E-state index in [0.717, 1.165) is 34.0 Å². The molecule has 2 heterocycles. The molecule has 1 aromatic heterocycles. The van der Waals surface area contributed by atoms with E-state index in [1.54, 1.807) is 21.1 Å². The van der Waals surface area contributed by atoms with Gasteiger partial charge in [-0.3, -0.25) is 4.79 Å². The number of H-pyrrole nitrogens is 1. The molecule has 1 aliphatic rings. The summed E-state index contributed by atoms with van der Waals surface area (Å²) in [5, 5.41) is 11.0. The van der Waals surface area contributed by atoms with Gasteiger partial charge < -0.3 is 24.3 Å². The molecule has 2 atom stereocenters. The first-order chi connectivity index (χ1) is 15.4. The zero-order valence-electron chi connectivity index (χ0n) is 18.3. The van der Waals surface area contributed by atoms with E-state index in [0.29, 0.717) is 17.3 Å². The number of thioether (sulfide) groups is 1. The summed E-state index contributed by atoms with van der Waals surface area (Å²) in [6.45, 7) is 1.67. The van der Waals surface area contributed by atoms with E-state index >= 15 is 0 Å². The van der Waals surface area contributed by atoms with Crippen molar-refractivity contribution in [1.82, 2.24) is 9.97 Å². The monoisotopic (exact) mass is 454 g/mol. The number of methoxy groups -OCH3 is 2. The van der Waals surface area contributed by atoms with Crippen LogP contribution < -0.4 is 9.47 Å². The third-order valence-corrected chi connectivity index (χ3v) is 6.33. The van der Waals surface area contributed by atoms with Gasteiger partial charge in [0.05, 0.1) is 37.6 Å². The van der Waals surface area contributed by atoms with Crippen molar-refractivity contribution >= 4 is 17.7 Å². The maximum Gasteiger partial charge on any atom is 0.309 e. The number of aliphatic hydroxyl groups is 1. The van der Waals surface area contributed by atoms with Crippen LogP contribution in [0.3, 0.4) is 0 Å². The maximum absolute atomic E-state index is 11.8. The highest BCUT2D eigenvalue weighted by Gasteiger charge is 2.36. The van der Waals surface area contributed by atoms with Crippen molar-refractivity contribution in [3.63, 3.8) is 0 Å². The number of imidazole rings is 1. The minimum absolute atomic E-state index is 0.0259. The molecular weight excluding hydrogens is 428 g/mol. The van der Waals surface area contributed by atoms with Crippen molar-refractivity contribution in [2.45, 2.75) is 36.6 Å². The van der Waals surface area contributed by atoms with Gasteiger partial charge in [-0.2, -0.15) is 0 Å². The number of nitrogens with one attached hydrogen (secondary N) is 1. The Labute approximate surface area is 191 Å². The molecule has 0 unspecified atom stereocenters. The van der Waals surface area contributed by atoms with Crippen LogP contribution >= 0.6 is 11.8 Å². The average molecular weight is 455 g/mol. The molecule has 7 nitrogen and oxygen atoms in total. The molecule has 8 heteroatoms. The molecule has 32 heavy (non-hydrogen) atoms. The molecular formula is C24H26N2O5S. The molecule has 1 fully saturated rings. The van der Waals surface area contributed by atoms with Crippen LogP contribution in [0, 0.1) is 0 Å². The molecule has 0 saturated carbocycles. The van der Waals surface area contributed by atoms with E-state index in [1.807, 2.05) is 48.5 Å². The summed E-state index contributed by atoms with van der Waals surface area (Å²) in [5.74, 6) is 1.68. The lowest BCUT2D eigenvalue weighted by Gasteiger charge is -2.32. The van der Waals surface area contributed by atoms with E-state index < -0.39 is 5.60 Å². The summed E-state index contributed by atoms with van der Waals surface area (Å²) < 4.78 is 16.0. The first-order valence-corrected chi connectivity index (χ1v) is 11.3. The van der Waals surface area contributed by atoms with Gasteiger partial charge in [0.1, 0.15) is 17.6 Å². The van der Waals surface area contributed by atoms with Gasteiger partial charge in [-0.25, -0.2) is 4.98 Å². The van der Waals surface area contributed by atoms with Gasteiger partial charge >= 0.3 is 5.97 Å². The fourth-order valence-electron chi connectivity index (χ4n) is 3.75. The van der Waals surface area contributed by atoms with Gasteiger partial charge in [0, 0.05) is 23.3 Å². The summed E-state index contributed by atoms with van der Waals surface area (Å²) in [5.41, 5.74) is 2.59. The Morgan fingerprint density at radius 1 is 1.09 bits per heavy atom. The second-order valence-electron chi connectivity index (χ2n) is 8.02. The predicted molar refractivity (Wildman–Crippen MR) is 123 cm³/mol. The normalized spacial score (nSPS) is 20.6. The summed E-state index contributed by atoms with van der Waals surface area (Å²) >= 11 is 1.46. The molecule has 1 aliphatic heterocycles. The number of carbonyl (C=O) groups excluding carboxylic acids is 1. The van der Waals surface area contributed by atoms with E-state index in [-0.39, 0.29) is 18.5 Å². The molecule has 2 N–H and O–H groups in total. The van der Waals surface area contributed by atoms with Gasteiger partial charge in [0.25, 0.3) is 0 Å². The van der Waals surface area contributed by atoms with Crippen LogP contribution in [0.15, 0.2) is 53.7 Å². The molecule has 0 bridgehead atoms. The molecule has 3 aromatic rings. The van der Waals surface area contributed by atoms with Gasteiger partial charge in [-0.05, 0) is 55.5 Å². The first-order valence-electron chi connectivity index (χ1n) is 10.3. The van der Waals surface area contributed by atoms with Crippen LogP contribution in [0.1, 0.15) is 19.8 Å². The minimum Gasteiger partial charge on any atom is -0.497 e. The second kappa shape index (κ2) is 9.26. The van der Waals surface area contributed by atoms with Crippen LogP contribution in [0.2, 0.25) is 0 Å². The van der Waals surface area contributed by atoms with Crippen molar-refractivity contribution in [1.29, 1.82) is 0 Å². The number of rotatable bonds is 7. The van der Waals surface area contributed by atoms with Crippen LogP contribution in [0.4, 0.5) is 0 Å². The fourth-order valence-corrected chi connectivity index (χ4v) is 4.61. The van der Waals surface area contributed by atoms with Crippen molar-refractivity contribution in [2.75, 3.05) is 20.0 Å². The molecule has 0 spiro atoms. The number of hydrogen-bond donors (Lipinski definition) is 2. The average Bonchev–Trinajstić information content (AvgIpc) is 3.21. The van der Waals surface area contributed by atoms with Crippen LogP contribution in [-0.2, 0) is 9.53 Å². The minimum atomic E-state index is -1.04. The fraction of sp³-hybridized carbons (Fsp3) is 0.333. The number of hydrogen-bond acceptors (Lipinski definition) is 7. The lowest BCUT2D eigenvalue weighted by Crippen LogP contribution is -2.41. The number of benzene rings is 2. The third-order valence-electron chi connectivity index (χ3n) is 5.32. The molecule has 1 saturated heterocycles. The van der Waals surface area contributed by atoms with E-state index in [4.69, 9.17) is 19.2 Å². The van der Waals surface area contributed by atoms with Crippen molar-refractivity contribution in [2.24, 2.45) is 0 Å². The molecule has 168 valence electrons. The number of ether oxygens (including phenoxy) is 3. The number of carbonyl (C=O) groups is 1. The Morgan fingerprint density at radius 3 is 2.25 bits per heavy atom. The maximum atomic E-state index is 11.8. The summed E-state index contributed by atoms with van der Waals surface area (Å²) in [6.07, 6.45) is 0.0663. The topological polar surface area (TPSA) is 93.7 Å². The number of nitrogens with zero attached hydrogens (tertiary/aromatic N) is 1. The SMILES string of the molecule is COc1ccc(-c2nc(SC[C@H]3C[C@@](C)(O)CC(=O)O3)[nH]c2-c2ccc(OC)cc2)cc1. The van der Waals surface area contributed by atoms with E-state index in [2.05, 4.69) is 4.98 Å². The van der Waals surface area contributed by atoms with E-state index in [1.165, 1.54) is 11.8 Å². The number of aromatic nitrogens is 2. The predicted octanol–water partition coefficient (Wildman–Crippen LogP) is 4.31. The highest BCUT2D eigenvalue weighted by molar-refractivity contribution is 7.99. The first kappa shape index (κ1) is 22.2. The molecule has 0 aliphatic carbocycles. The number of aromatic amines is 1. The number of esters is 1. The highest BCUT2D eigenvalue weighted by atomic mass is 32.2. The quantitative estimate of drug-likeness (QED) is 0.406. The zero-order chi connectivity index (χ0) is 22.7. The zero-order valence-corrected chi connectivity index (χ0v) is 19.1. The largest absolute Gasteiger partial charge is 0.497 e. The summed E-state index contributed by atoms with van der Waals surface area (Å²) in [6, 6.07) is 15.5. The molecule has 4 rings (SSSR count). The summed E-state index contributed by atoms with van der Waals surface area (Å²) in [7, 11) is 3.27. The van der Waals surface area contributed by atoms with Crippen LogP contribution in [-0.4, -0.2) is 52.7 Å². The smallest absolute Gasteiger partial charge is 0.309 e. The Hall–Kier alpha value is -2.97. The van der Waals surface area contributed by atoms with Crippen molar-refractivity contribution in [3.05, 3.63) is 48.5 Å². The third kappa shape index (κ3) is 5.08. The Morgan fingerprint density at radius 2 is 1.69 bits per heavy atom. The van der Waals surface area contributed by atoms with Gasteiger partial charge in [-0.1, -0.05) is 11.8 Å². The van der Waals surface area contributed by atoms with Gasteiger partial charge in [0.15, 0.2) is 5.16 Å².